The Kier molecular flexibility index (Phi) is 4.40. The number of alkyl halides is 3. The molecule has 1 saturated carbocycles. The molecule has 0 aromatic heterocycles. The van der Waals surface area contributed by atoms with Crippen molar-refractivity contribution in [3.05, 3.63) is 24.0 Å². The Hall–Kier alpha value is -1.50. The molecule has 1 aliphatic carbocycles. The standard InChI is InChI=1S/C16H20F4N2O/c1-10-9-22(14-5-3-2-4-13(14)21-10)11-6-7-15(12(17)8-11)23-16(18,19)20/h6-8,10,13-14,21H,2-5,9H2,1H3/t10-,13-,14-/m1/s1. The largest absolute Gasteiger partial charge is 0.573 e. The minimum Gasteiger partial charge on any atom is -0.403 e. The number of rotatable bonds is 2. The molecule has 0 spiro atoms. The number of fused-ring (bicyclic) bond motifs is 1. The molecule has 2 aliphatic rings. The molecule has 2 fully saturated rings. The first kappa shape index (κ1) is 16.4. The molecule has 128 valence electrons. The van der Waals surface area contributed by atoms with Gasteiger partial charge in [0.1, 0.15) is 0 Å². The molecule has 1 aromatic carbocycles. The van der Waals surface area contributed by atoms with Crippen LogP contribution in [0.4, 0.5) is 23.2 Å². The van der Waals surface area contributed by atoms with Crippen molar-refractivity contribution in [1.29, 1.82) is 0 Å². The maximum absolute atomic E-state index is 14.0. The van der Waals surface area contributed by atoms with Crippen LogP contribution in [0.15, 0.2) is 18.2 Å². The third kappa shape index (κ3) is 3.71. The van der Waals surface area contributed by atoms with Gasteiger partial charge in [0, 0.05) is 36.4 Å². The number of benzene rings is 1. The van der Waals surface area contributed by atoms with Crippen LogP contribution in [0.1, 0.15) is 32.6 Å². The van der Waals surface area contributed by atoms with E-state index in [0.29, 0.717) is 18.3 Å². The number of nitrogens with zero attached hydrogens (tertiary/aromatic N) is 1. The fraction of sp³-hybridized carbons (Fsp3) is 0.625. The first-order valence-corrected chi connectivity index (χ1v) is 7.91. The second kappa shape index (κ2) is 6.19. The lowest BCUT2D eigenvalue weighted by molar-refractivity contribution is -0.275. The third-order valence-electron chi connectivity index (χ3n) is 4.57. The third-order valence-corrected chi connectivity index (χ3v) is 4.57. The molecule has 1 heterocycles. The van der Waals surface area contributed by atoms with Crippen molar-refractivity contribution in [2.24, 2.45) is 0 Å². The van der Waals surface area contributed by atoms with Crippen molar-refractivity contribution in [3.8, 4) is 5.75 Å². The minimum absolute atomic E-state index is 0.253. The first-order valence-electron chi connectivity index (χ1n) is 7.91. The quantitative estimate of drug-likeness (QED) is 0.833. The van der Waals surface area contributed by atoms with Crippen LogP contribution in [0.25, 0.3) is 0 Å². The van der Waals surface area contributed by atoms with Crippen molar-refractivity contribution < 1.29 is 22.3 Å². The Morgan fingerprint density at radius 3 is 2.65 bits per heavy atom. The van der Waals surface area contributed by atoms with Gasteiger partial charge in [-0.3, -0.25) is 0 Å². The van der Waals surface area contributed by atoms with E-state index in [0.717, 1.165) is 31.4 Å². The summed E-state index contributed by atoms with van der Waals surface area (Å²) in [5.74, 6) is -1.78. The fourth-order valence-electron chi connectivity index (χ4n) is 3.70. The van der Waals surface area contributed by atoms with E-state index < -0.39 is 17.9 Å². The fourth-order valence-corrected chi connectivity index (χ4v) is 3.70. The number of hydrogen-bond acceptors (Lipinski definition) is 3. The van der Waals surface area contributed by atoms with Crippen LogP contribution in [-0.2, 0) is 0 Å². The minimum atomic E-state index is -4.89. The van der Waals surface area contributed by atoms with Gasteiger partial charge in [-0.2, -0.15) is 0 Å². The second-order valence-corrected chi connectivity index (χ2v) is 6.34. The van der Waals surface area contributed by atoms with Crippen LogP contribution in [0.5, 0.6) is 5.75 Å². The summed E-state index contributed by atoms with van der Waals surface area (Å²) in [6.07, 6.45) is -0.524. The zero-order valence-electron chi connectivity index (χ0n) is 12.9. The number of halogens is 4. The highest BCUT2D eigenvalue weighted by Crippen LogP contribution is 2.34. The average molecular weight is 332 g/mol. The van der Waals surface area contributed by atoms with Crippen LogP contribution >= 0.6 is 0 Å². The summed E-state index contributed by atoms with van der Waals surface area (Å²) in [5.41, 5.74) is 0.613. The zero-order chi connectivity index (χ0) is 16.6. The van der Waals surface area contributed by atoms with Crippen molar-refractivity contribution in [2.75, 3.05) is 11.4 Å². The smallest absolute Gasteiger partial charge is 0.403 e. The molecule has 1 N–H and O–H groups in total. The summed E-state index contributed by atoms with van der Waals surface area (Å²) >= 11 is 0. The number of piperazine rings is 1. The van der Waals surface area contributed by atoms with Gasteiger partial charge in [-0.25, -0.2) is 4.39 Å². The Bertz CT molecular complexity index is 564. The number of hydrogen-bond donors (Lipinski definition) is 1. The summed E-state index contributed by atoms with van der Waals surface area (Å²) in [6.45, 7) is 2.77. The van der Waals surface area contributed by atoms with E-state index in [1.165, 1.54) is 12.5 Å². The van der Waals surface area contributed by atoms with Gasteiger partial charge < -0.3 is 15.0 Å². The normalized spacial score (nSPS) is 28.4. The van der Waals surface area contributed by atoms with E-state index in [-0.39, 0.29) is 12.1 Å². The van der Waals surface area contributed by atoms with Crippen molar-refractivity contribution in [1.82, 2.24) is 5.32 Å². The lowest BCUT2D eigenvalue weighted by Crippen LogP contribution is -2.62. The van der Waals surface area contributed by atoms with Gasteiger partial charge in [0.05, 0.1) is 0 Å². The molecule has 0 bridgehead atoms. The van der Waals surface area contributed by atoms with Gasteiger partial charge in [-0.15, -0.1) is 13.2 Å². The van der Waals surface area contributed by atoms with Crippen LogP contribution in [0, 0.1) is 5.82 Å². The van der Waals surface area contributed by atoms with Gasteiger partial charge >= 0.3 is 6.36 Å². The van der Waals surface area contributed by atoms with E-state index in [9.17, 15) is 17.6 Å². The molecule has 23 heavy (non-hydrogen) atoms. The summed E-state index contributed by atoms with van der Waals surface area (Å²) in [7, 11) is 0. The molecule has 0 amide bonds. The van der Waals surface area contributed by atoms with E-state index in [1.54, 1.807) is 0 Å². The molecule has 0 radical (unpaired) electrons. The highest BCUT2D eigenvalue weighted by Gasteiger charge is 2.36. The summed E-state index contributed by atoms with van der Waals surface area (Å²) < 4.78 is 54.4. The monoisotopic (exact) mass is 332 g/mol. The number of anilines is 1. The lowest BCUT2D eigenvalue weighted by Gasteiger charge is -2.48. The predicted molar refractivity (Wildman–Crippen MR) is 79.1 cm³/mol. The molecule has 3 nitrogen and oxygen atoms in total. The molecule has 0 unspecified atom stereocenters. The second-order valence-electron chi connectivity index (χ2n) is 6.34. The Morgan fingerprint density at radius 1 is 1.22 bits per heavy atom. The highest BCUT2D eigenvalue weighted by molar-refractivity contribution is 5.52. The Morgan fingerprint density at radius 2 is 1.96 bits per heavy atom. The van der Waals surface area contributed by atoms with Crippen molar-refractivity contribution in [3.63, 3.8) is 0 Å². The van der Waals surface area contributed by atoms with Crippen LogP contribution in [-0.4, -0.2) is 31.0 Å². The van der Waals surface area contributed by atoms with Crippen molar-refractivity contribution >= 4 is 5.69 Å². The first-order chi connectivity index (χ1) is 10.8. The van der Waals surface area contributed by atoms with E-state index in [1.807, 2.05) is 0 Å². The van der Waals surface area contributed by atoms with Crippen LogP contribution in [0.3, 0.4) is 0 Å². The van der Waals surface area contributed by atoms with Crippen LogP contribution < -0.4 is 15.0 Å². The average Bonchev–Trinajstić information content (AvgIpc) is 2.47. The van der Waals surface area contributed by atoms with Crippen molar-refractivity contribution in [2.45, 2.75) is 57.1 Å². The van der Waals surface area contributed by atoms with Gasteiger partial charge in [-0.1, -0.05) is 12.8 Å². The molecule has 3 atom stereocenters. The van der Waals surface area contributed by atoms with E-state index in [4.69, 9.17) is 0 Å². The highest BCUT2D eigenvalue weighted by atomic mass is 19.4. The van der Waals surface area contributed by atoms with Gasteiger partial charge in [-0.05, 0) is 31.9 Å². The molecule has 7 heteroatoms. The summed E-state index contributed by atoms with van der Waals surface area (Å²) in [4.78, 5) is 2.12. The van der Waals surface area contributed by atoms with E-state index >= 15 is 0 Å². The summed E-state index contributed by atoms with van der Waals surface area (Å²) in [6, 6.07) is 4.57. The predicted octanol–water partition coefficient (Wildman–Crippen LogP) is 3.83. The number of nitrogens with one attached hydrogen (secondary N) is 1. The molecule has 1 aromatic rings. The molecule has 3 rings (SSSR count). The van der Waals surface area contributed by atoms with E-state index in [2.05, 4.69) is 21.9 Å². The van der Waals surface area contributed by atoms with Crippen LogP contribution in [0.2, 0.25) is 0 Å². The zero-order valence-corrected chi connectivity index (χ0v) is 12.9. The Labute approximate surface area is 132 Å². The maximum Gasteiger partial charge on any atom is 0.573 e. The number of ether oxygens (including phenoxy) is 1. The van der Waals surface area contributed by atoms with Gasteiger partial charge in [0.15, 0.2) is 11.6 Å². The molecular formula is C16H20F4N2O. The molecular weight excluding hydrogens is 312 g/mol. The maximum atomic E-state index is 14.0. The Balaban J connectivity index is 1.83. The molecule has 1 saturated heterocycles. The summed E-state index contributed by atoms with van der Waals surface area (Å²) in [5, 5.41) is 3.57. The van der Waals surface area contributed by atoms with Gasteiger partial charge in [0.25, 0.3) is 0 Å². The SMILES string of the molecule is C[C@@H]1CN(c2ccc(OC(F)(F)F)c(F)c2)[C@@H]2CCCC[C@H]2N1. The molecule has 1 aliphatic heterocycles. The topological polar surface area (TPSA) is 24.5 Å². The lowest BCUT2D eigenvalue weighted by atomic mass is 9.86. The van der Waals surface area contributed by atoms with Gasteiger partial charge in [0.2, 0.25) is 0 Å².